The molecule has 2 aromatic rings. The van der Waals surface area contributed by atoms with E-state index in [-0.39, 0.29) is 5.19 Å². The number of halogens is 3. The molecule has 3 nitrogen and oxygen atoms in total. The predicted octanol–water partition coefficient (Wildman–Crippen LogP) is 4.15. The van der Waals surface area contributed by atoms with Crippen molar-refractivity contribution in [1.29, 1.82) is 0 Å². The SMILES string of the molecule is Cc1cc(Oc2nc(C(F)(F)F)cs2)cc(C)c1N. The van der Waals surface area contributed by atoms with Crippen LogP contribution in [-0.4, -0.2) is 4.98 Å². The summed E-state index contributed by atoms with van der Waals surface area (Å²) in [5.41, 5.74) is 7.10. The van der Waals surface area contributed by atoms with E-state index >= 15 is 0 Å². The van der Waals surface area contributed by atoms with E-state index in [9.17, 15) is 13.2 Å². The summed E-state index contributed by atoms with van der Waals surface area (Å²) in [6.45, 7) is 3.61. The number of nitrogens with two attached hydrogens (primary N) is 1. The van der Waals surface area contributed by atoms with Gasteiger partial charge in [-0.25, -0.2) is 0 Å². The van der Waals surface area contributed by atoms with E-state index in [4.69, 9.17) is 10.5 Å². The maximum Gasteiger partial charge on any atom is 0.434 e. The second-order valence-corrected chi connectivity index (χ2v) is 4.89. The Hall–Kier alpha value is -1.76. The molecule has 102 valence electrons. The highest BCUT2D eigenvalue weighted by Crippen LogP contribution is 2.35. The van der Waals surface area contributed by atoms with Crippen LogP contribution in [0.2, 0.25) is 0 Å². The van der Waals surface area contributed by atoms with Crippen molar-refractivity contribution in [3.8, 4) is 10.9 Å². The number of aryl methyl sites for hydroxylation is 2. The number of hydrogen-bond donors (Lipinski definition) is 1. The third-order valence-electron chi connectivity index (χ3n) is 2.55. The Labute approximate surface area is 111 Å². The van der Waals surface area contributed by atoms with Crippen LogP contribution in [0.5, 0.6) is 10.9 Å². The van der Waals surface area contributed by atoms with Gasteiger partial charge in [0.05, 0.1) is 0 Å². The summed E-state index contributed by atoms with van der Waals surface area (Å²) in [4.78, 5) is 3.40. The maximum absolute atomic E-state index is 12.4. The average molecular weight is 288 g/mol. The molecular weight excluding hydrogens is 277 g/mol. The minimum Gasteiger partial charge on any atom is -0.431 e. The van der Waals surface area contributed by atoms with E-state index < -0.39 is 11.9 Å². The van der Waals surface area contributed by atoms with Crippen LogP contribution in [0, 0.1) is 13.8 Å². The molecule has 1 aromatic carbocycles. The van der Waals surface area contributed by atoms with Crippen LogP contribution in [0.1, 0.15) is 16.8 Å². The molecule has 1 heterocycles. The van der Waals surface area contributed by atoms with Gasteiger partial charge in [0.1, 0.15) is 5.75 Å². The Balaban J connectivity index is 2.25. The van der Waals surface area contributed by atoms with Gasteiger partial charge in [-0.05, 0) is 37.1 Å². The molecule has 0 bridgehead atoms. The molecule has 0 aliphatic heterocycles. The van der Waals surface area contributed by atoms with Gasteiger partial charge in [-0.3, -0.25) is 0 Å². The van der Waals surface area contributed by atoms with Crippen molar-refractivity contribution in [3.63, 3.8) is 0 Å². The molecule has 0 aliphatic rings. The van der Waals surface area contributed by atoms with Crippen LogP contribution >= 0.6 is 11.3 Å². The number of aromatic nitrogens is 1. The van der Waals surface area contributed by atoms with Gasteiger partial charge >= 0.3 is 6.18 Å². The van der Waals surface area contributed by atoms with E-state index in [1.165, 1.54) is 0 Å². The van der Waals surface area contributed by atoms with Gasteiger partial charge in [0.15, 0.2) is 5.69 Å². The van der Waals surface area contributed by atoms with E-state index in [0.717, 1.165) is 27.8 Å². The summed E-state index contributed by atoms with van der Waals surface area (Å²) in [6.07, 6.45) is -4.45. The Kier molecular flexibility index (Phi) is 3.40. The summed E-state index contributed by atoms with van der Waals surface area (Å²) >= 11 is 0.803. The summed E-state index contributed by atoms with van der Waals surface area (Å²) in [5, 5.41) is 0.877. The Morgan fingerprint density at radius 1 is 1.21 bits per heavy atom. The van der Waals surface area contributed by atoms with E-state index in [1.54, 1.807) is 26.0 Å². The fraction of sp³-hybridized carbons (Fsp3) is 0.250. The second kappa shape index (κ2) is 4.73. The zero-order valence-electron chi connectivity index (χ0n) is 10.2. The molecule has 0 spiro atoms. The van der Waals surface area contributed by atoms with Gasteiger partial charge in [0.2, 0.25) is 0 Å². The summed E-state index contributed by atoms with van der Waals surface area (Å²) in [5.74, 6) is 0.423. The topological polar surface area (TPSA) is 48.1 Å². The van der Waals surface area contributed by atoms with Gasteiger partial charge in [0, 0.05) is 11.1 Å². The van der Waals surface area contributed by atoms with Crippen molar-refractivity contribution in [3.05, 3.63) is 34.3 Å². The summed E-state index contributed by atoms with van der Waals surface area (Å²) < 4.78 is 42.5. The zero-order chi connectivity index (χ0) is 14.2. The highest BCUT2D eigenvalue weighted by molar-refractivity contribution is 7.11. The van der Waals surface area contributed by atoms with Crippen molar-refractivity contribution in [2.24, 2.45) is 0 Å². The first-order valence-electron chi connectivity index (χ1n) is 5.34. The fourth-order valence-electron chi connectivity index (χ4n) is 1.53. The smallest absolute Gasteiger partial charge is 0.431 e. The van der Waals surface area contributed by atoms with Crippen LogP contribution in [0.25, 0.3) is 0 Å². The second-order valence-electron chi connectivity index (χ2n) is 4.07. The first-order valence-corrected chi connectivity index (χ1v) is 6.22. The lowest BCUT2D eigenvalue weighted by atomic mass is 10.1. The molecule has 0 atom stereocenters. The molecule has 2 rings (SSSR count). The lowest BCUT2D eigenvalue weighted by Gasteiger charge is -2.08. The number of ether oxygens (including phenoxy) is 1. The van der Waals surface area contributed by atoms with Crippen LogP contribution < -0.4 is 10.5 Å². The number of anilines is 1. The highest BCUT2D eigenvalue weighted by atomic mass is 32.1. The van der Waals surface area contributed by atoms with Gasteiger partial charge in [0.25, 0.3) is 5.19 Å². The van der Waals surface area contributed by atoms with Crippen LogP contribution in [0.4, 0.5) is 18.9 Å². The molecule has 1 aromatic heterocycles. The third-order valence-corrected chi connectivity index (χ3v) is 3.26. The van der Waals surface area contributed by atoms with Crippen LogP contribution in [-0.2, 0) is 6.18 Å². The molecule has 0 unspecified atom stereocenters. The van der Waals surface area contributed by atoms with Gasteiger partial charge < -0.3 is 10.5 Å². The highest BCUT2D eigenvalue weighted by Gasteiger charge is 2.34. The van der Waals surface area contributed by atoms with Crippen LogP contribution in [0.3, 0.4) is 0 Å². The maximum atomic E-state index is 12.4. The molecule has 0 radical (unpaired) electrons. The van der Waals surface area contributed by atoms with Crippen molar-refractivity contribution < 1.29 is 17.9 Å². The number of benzene rings is 1. The van der Waals surface area contributed by atoms with E-state index in [1.807, 2.05) is 0 Å². The fourth-order valence-corrected chi connectivity index (χ4v) is 2.22. The van der Waals surface area contributed by atoms with Crippen molar-refractivity contribution in [2.75, 3.05) is 5.73 Å². The molecule has 0 fully saturated rings. The molecular formula is C12H11F3N2OS. The van der Waals surface area contributed by atoms with E-state index in [2.05, 4.69) is 4.98 Å². The third kappa shape index (κ3) is 2.98. The Morgan fingerprint density at radius 3 is 2.26 bits per heavy atom. The van der Waals surface area contributed by atoms with E-state index in [0.29, 0.717) is 11.4 Å². The van der Waals surface area contributed by atoms with Gasteiger partial charge in [-0.2, -0.15) is 18.2 Å². The Morgan fingerprint density at radius 2 is 1.79 bits per heavy atom. The Bertz CT molecular complexity index is 584. The van der Waals surface area contributed by atoms with Crippen molar-refractivity contribution in [2.45, 2.75) is 20.0 Å². The molecule has 0 aliphatic carbocycles. The number of nitrogens with zero attached hydrogens (tertiary/aromatic N) is 1. The largest absolute Gasteiger partial charge is 0.434 e. The monoisotopic (exact) mass is 288 g/mol. The number of hydrogen-bond acceptors (Lipinski definition) is 4. The molecule has 7 heteroatoms. The quantitative estimate of drug-likeness (QED) is 0.844. The number of alkyl halides is 3. The summed E-state index contributed by atoms with van der Waals surface area (Å²) in [6, 6.07) is 3.33. The normalized spacial score (nSPS) is 11.6. The number of nitrogen functional groups attached to an aromatic ring is 1. The lowest BCUT2D eigenvalue weighted by molar-refractivity contribution is -0.140. The first-order chi connectivity index (χ1) is 8.77. The standard InChI is InChI=1S/C12H11F3N2OS/c1-6-3-8(4-7(2)10(6)16)18-11-17-9(5-19-11)12(13,14)15/h3-5H,16H2,1-2H3. The van der Waals surface area contributed by atoms with Crippen molar-refractivity contribution >= 4 is 17.0 Å². The lowest BCUT2D eigenvalue weighted by Crippen LogP contribution is -2.04. The van der Waals surface area contributed by atoms with Crippen molar-refractivity contribution in [1.82, 2.24) is 4.98 Å². The van der Waals surface area contributed by atoms with Crippen LogP contribution in [0.15, 0.2) is 17.5 Å². The first kappa shape index (κ1) is 13.7. The number of thiazole rings is 1. The zero-order valence-corrected chi connectivity index (χ0v) is 11.0. The predicted molar refractivity (Wildman–Crippen MR) is 67.5 cm³/mol. The molecule has 19 heavy (non-hydrogen) atoms. The molecule has 0 saturated carbocycles. The minimum absolute atomic E-state index is 0.0455. The minimum atomic E-state index is -4.45. The number of rotatable bonds is 2. The van der Waals surface area contributed by atoms with Gasteiger partial charge in [-0.15, -0.1) is 0 Å². The average Bonchev–Trinajstić information content (AvgIpc) is 2.74. The van der Waals surface area contributed by atoms with Gasteiger partial charge in [-0.1, -0.05) is 11.3 Å². The molecule has 0 amide bonds. The molecule has 0 saturated heterocycles. The molecule has 2 N–H and O–H groups in total. The summed E-state index contributed by atoms with van der Waals surface area (Å²) in [7, 11) is 0.